The van der Waals surface area contributed by atoms with Crippen LogP contribution in [0.1, 0.15) is 12.5 Å². The molecule has 0 saturated heterocycles. The van der Waals surface area contributed by atoms with Gasteiger partial charge in [0.1, 0.15) is 6.10 Å². The molecule has 2 N–H and O–H groups in total. The smallest absolute Gasteiger partial charge is 0.180 e. The van der Waals surface area contributed by atoms with E-state index in [1.807, 2.05) is 13.0 Å². The summed E-state index contributed by atoms with van der Waals surface area (Å²) in [5.41, 5.74) is 6.47. The van der Waals surface area contributed by atoms with Gasteiger partial charge in [-0.3, -0.25) is 0 Å². The molecule has 1 aromatic carbocycles. The van der Waals surface area contributed by atoms with Gasteiger partial charge in [-0.05, 0) is 24.6 Å². The topological polar surface area (TPSA) is 53.7 Å². The first-order valence-corrected chi connectivity index (χ1v) is 5.72. The number of hydrogen-bond acceptors (Lipinski definition) is 4. The van der Waals surface area contributed by atoms with Crippen molar-refractivity contribution in [1.29, 1.82) is 0 Å². The minimum Gasteiger partial charge on any atom is -0.493 e. The average Bonchev–Trinajstić information content (AvgIpc) is 2.31. The highest BCUT2D eigenvalue weighted by molar-refractivity contribution is 6.32. The SMILES string of the molecule is COCC(C)Oc1c(Cl)cc(CN)cc1OC. The molecule has 5 heteroatoms. The molecule has 0 aliphatic rings. The number of ether oxygens (including phenoxy) is 3. The van der Waals surface area contributed by atoms with Gasteiger partial charge in [0.05, 0.1) is 18.7 Å². The van der Waals surface area contributed by atoms with Crippen LogP contribution in [0.15, 0.2) is 12.1 Å². The summed E-state index contributed by atoms with van der Waals surface area (Å²) >= 11 is 6.13. The Hall–Kier alpha value is -0.970. The predicted molar refractivity (Wildman–Crippen MR) is 67.9 cm³/mol. The van der Waals surface area contributed by atoms with E-state index in [1.165, 1.54) is 0 Å². The van der Waals surface area contributed by atoms with E-state index in [0.717, 1.165) is 5.56 Å². The van der Waals surface area contributed by atoms with Gasteiger partial charge in [-0.2, -0.15) is 0 Å². The molecule has 96 valence electrons. The van der Waals surface area contributed by atoms with Crippen LogP contribution >= 0.6 is 11.6 Å². The Morgan fingerprint density at radius 1 is 1.35 bits per heavy atom. The van der Waals surface area contributed by atoms with E-state index in [2.05, 4.69) is 0 Å². The second kappa shape index (κ2) is 6.69. The molecule has 0 amide bonds. The molecule has 0 bridgehead atoms. The molecule has 1 rings (SSSR count). The van der Waals surface area contributed by atoms with E-state index < -0.39 is 0 Å². The third-order valence-electron chi connectivity index (χ3n) is 2.25. The molecule has 0 fully saturated rings. The summed E-state index contributed by atoms with van der Waals surface area (Å²) in [6.45, 7) is 2.79. The molecule has 1 unspecified atom stereocenters. The molecule has 0 spiro atoms. The van der Waals surface area contributed by atoms with Crippen molar-refractivity contribution < 1.29 is 14.2 Å². The lowest BCUT2D eigenvalue weighted by Crippen LogP contribution is -2.18. The Labute approximate surface area is 107 Å². The number of rotatable bonds is 6. The van der Waals surface area contributed by atoms with Gasteiger partial charge in [0.2, 0.25) is 0 Å². The quantitative estimate of drug-likeness (QED) is 0.851. The van der Waals surface area contributed by atoms with Crippen molar-refractivity contribution in [3.8, 4) is 11.5 Å². The predicted octanol–water partition coefficient (Wildman–Crippen LogP) is 2.22. The second-order valence-corrected chi connectivity index (χ2v) is 4.10. The van der Waals surface area contributed by atoms with Gasteiger partial charge < -0.3 is 19.9 Å². The summed E-state index contributed by atoms with van der Waals surface area (Å²) in [5, 5.41) is 0.493. The Morgan fingerprint density at radius 3 is 2.59 bits per heavy atom. The second-order valence-electron chi connectivity index (χ2n) is 3.70. The highest BCUT2D eigenvalue weighted by Gasteiger charge is 2.14. The molecule has 17 heavy (non-hydrogen) atoms. The Bertz CT molecular complexity index is 371. The minimum absolute atomic E-state index is 0.102. The van der Waals surface area contributed by atoms with Gasteiger partial charge in [-0.1, -0.05) is 11.6 Å². The highest BCUT2D eigenvalue weighted by atomic mass is 35.5. The zero-order chi connectivity index (χ0) is 12.8. The fraction of sp³-hybridized carbons (Fsp3) is 0.500. The molecule has 0 aliphatic carbocycles. The van der Waals surface area contributed by atoms with Crippen molar-refractivity contribution in [3.63, 3.8) is 0 Å². The number of nitrogens with two attached hydrogens (primary N) is 1. The summed E-state index contributed by atoms with van der Waals surface area (Å²) < 4.78 is 15.9. The standard InChI is InChI=1S/C12H18ClNO3/c1-8(7-15-2)17-12-10(13)4-9(6-14)5-11(12)16-3/h4-5,8H,6-7,14H2,1-3H3. The molecular weight excluding hydrogens is 242 g/mol. The van der Waals surface area contributed by atoms with Gasteiger partial charge in [-0.25, -0.2) is 0 Å². The summed E-state index contributed by atoms with van der Waals surface area (Å²) in [4.78, 5) is 0. The Morgan fingerprint density at radius 2 is 2.06 bits per heavy atom. The molecular formula is C12H18ClNO3. The third kappa shape index (κ3) is 3.77. The maximum Gasteiger partial charge on any atom is 0.180 e. The first kappa shape index (κ1) is 14.1. The van der Waals surface area contributed by atoms with E-state index >= 15 is 0 Å². The monoisotopic (exact) mass is 259 g/mol. The first-order valence-electron chi connectivity index (χ1n) is 5.34. The highest BCUT2D eigenvalue weighted by Crippen LogP contribution is 2.37. The van der Waals surface area contributed by atoms with Gasteiger partial charge in [-0.15, -0.1) is 0 Å². The lowest BCUT2D eigenvalue weighted by Gasteiger charge is -2.18. The molecule has 0 heterocycles. The van der Waals surface area contributed by atoms with E-state index in [4.69, 9.17) is 31.5 Å². The van der Waals surface area contributed by atoms with Crippen molar-refractivity contribution in [1.82, 2.24) is 0 Å². The van der Waals surface area contributed by atoms with Gasteiger partial charge >= 0.3 is 0 Å². The maximum atomic E-state index is 6.13. The minimum atomic E-state index is -0.102. The van der Waals surface area contributed by atoms with E-state index in [0.29, 0.717) is 29.7 Å². The zero-order valence-electron chi connectivity index (χ0n) is 10.3. The van der Waals surface area contributed by atoms with E-state index in [1.54, 1.807) is 20.3 Å². The van der Waals surface area contributed by atoms with E-state index in [9.17, 15) is 0 Å². The number of hydrogen-bond donors (Lipinski definition) is 1. The average molecular weight is 260 g/mol. The van der Waals surface area contributed by atoms with Crippen molar-refractivity contribution in [3.05, 3.63) is 22.7 Å². The molecule has 4 nitrogen and oxygen atoms in total. The van der Waals surface area contributed by atoms with Crippen LogP contribution in [0.25, 0.3) is 0 Å². The number of methoxy groups -OCH3 is 2. The summed E-state index contributed by atoms with van der Waals surface area (Å²) in [7, 11) is 3.19. The van der Waals surface area contributed by atoms with Crippen LogP contribution in [0, 0.1) is 0 Å². The van der Waals surface area contributed by atoms with Crippen LogP contribution in [-0.4, -0.2) is 26.9 Å². The zero-order valence-corrected chi connectivity index (χ0v) is 11.1. The van der Waals surface area contributed by atoms with Gasteiger partial charge in [0.25, 0.3) is 0 Å². The third-order valence-corrected chi connectivity index (χ3v) is 2.53. The maximum absolute atomic E-state index is 6.13. The van der Waals surface area contributed by atoms with Crippen molar-refractivity contribution >= 4 is 11.6 Å². The van der Waals surface area contributed by atoms with Crippen molar-refractivity contribution in [2.45, 2.75) is 19.6 Å². The lowest BCUT2D eigenvalue weighted by atomic mass is 10.2. The summed E-state index contributed by atoms with van der Waals surface area (Å²) in [6, 6.07) is 3.60. The van der Waals surface area contributed by atoms with Crippen LogP contribution in [0.4, 0.5) is 0 Å². The largest absolute Gasteiger partial charge is 0.493 e. The van der Waals surface area contributed by atoms with Crippen molar-refractivity contribution in [2.24, 2.45) is 5.73 Å². The van der Waals surface area contributed by atoms with Crippen molar-refractivity contribution in [2.75, 3.05) is 20.8 Å². The molecule has 0 aliphatic heterocycles. The van der Waals surface area contributed by atoms with Crippen LogP contribution in [0.2, 0.25) is 5.02 Å². The number of benzene rings is 1. The summed E-state index contributed by atoms with van der Waals surface area (Å²) in [6.07, 6.45) is -0.102. The Balaban J connectivity index is 2.97. The van der Waals surface area contributed by atoms with Crippen LogP contribution in [0.3, 0.4) is 0 Å². The number of halogens is 1. The van der Waals surface area contributed by atoms with Gasteiger partial charge in [0.15, 0.2) is 11.5 Å². The first-order chi connectivity index (χ1) is 8.12. The molecule has 0 saturated carbocycles. The van der Waals surface area contributed by atoms with Crippen LogP contribution < -0.4 is 15.2 Å². The summed E-state index contributed by atoms with van der Waals surface area (Å²) in [5.74, 6) is 1.11. The lowest BCUT2D eigenvalue weighted by molar-refractivity contribution is 0.0900. The fourth-order valence-electron chi connectivity index (χ4n) is 1.48. The molecule has 0 aromatic heterocycles. The molecule has 1 atom stereocenters. The van der Waals surface area contributed by atoms with Crippen LogP contribution in [-0.2, 0) is 11.3 Å². The van der Waals surface area contributed by atoms with Gasteiger partial charge in [0, 0.05) is 13.7 Å². The normalized spacial score (nSPS) is 12.3. The fourth-order valence-corrected chi connectivity index (χ4v) is 1.75. The molecule has 0 radical (unpaired) electrons. The van der Waals surface area contributed by atoms with Crippen LogP contribution in [0.5, 0.6) is 11.5 Å². The van der Waals surface area contributed by atoms with E-state index in [-0.39, 0.29) is 6.10 Å². The molecule has 1 aromatic rings. The Kier molecular flexibility index (Phi) is 5.55.